The number of allylic oxidation sites excluding steroid dienone is 1. The monoisotopic (exact) mass is 349 g/mol. The van der Waals surface area contributed by atoms with Crippen LogP contribution in [0.15, 0.2) is 65.8 Å². The molecule has 2 aromatic rings. The van der Waals surface area contributed by atoms with E-state index in [9.17, 15) is 9.59 Å². The number of hydrogen-bond acceptors (Lipinski definition) is 3. The molecule has 0 heterocycles. The molecule has 0 aliphatic carbocycles. The van der Waals surface area contributed by atoms with E-state index in [1.807, 2.05) is 63.3 Å². The Bertz CT molecular complexity index is 807. The van der Waals surface area contributed by atoms with Crippen molar-refractivity contribution in [1.29, 1.82) is 0 Å². The Balaban J connectivity index is 1.92. The molecule has 0 unspecified atom stereocenters. The van der Waals surface area contributed by atoms with E-state index < -0.39 is 0 Å². The molecule has 2 aromatic carbocycles. The van der Waals surface area contributed by atoms with E-state index in [-0.39, 0.29) is 17.7 Å². The maximum Gasteiger partial charge on any atom is 0.271 e. The molecule has 0 saturated carbocycles. The second kappa shape index (κ2) is 9.32. The van der Waals surface area contributed by atoms with E-state index in [1.165, 1.54) is 0 Å². The van der Waals surface area contributed by atoms with E-state index in [0.29, 0.717) is 17.0 Å². The molecule has 26 heavy (non-hydrogen) atoms. The number of hydrazone groups is 1. The summed E-state index contributed by atoms with van der Waals surface area (Å²) in [5.41, 5.74) is 5.40. The lowest BCUT2D eigenvalue weighted by Gasteiger charge is -2.08. The van der Waals surface area contributed by atoms with Crippen LogP contribution in [-0.4, -0.2) is 17.5 Å². The van der Waals surface area contributed by atoms with Crippen molar-refractivity contribution >= 4 is 29.3 Å². The summed E-state index contributed by atoms with van der Waals surface area (Å²) in [5.74, 6) is -0.467. The molecular formula is C21H23N3O2. The van der Waals surface area contributed by atoms with Crippen LogP contribution in [0.3, 0.4) is 0 Å². The van der Waals surface area contributed by atoms with Gasteiger partial charge in [-0.25, -0.2) is 5.43 Å². The van der Waals surface area contributed by atoms with Crippen LogP contribution in [0.4, 0.5) is 5.69 Å². The van der Waals surface area contributed by atoms with Gasteiger partial charge < -0.3 is 5.32 Å². The number of amides is 2. The number of nitrogens with one attached hydrogen (secondary N) is 2. The first kappa shape index (κ1) is 19.1. The van der Waals surface area contributed by atoms with Gasteiger partial charge in [0.25, 0.3) is 5.91 Å². The van der Waals surface area contributed by atoms with Crippen molar-refractivity contribution in [3.05, 3.63) is 71.8 Å². The standard InChI is InChI=1S/C21H23N3O2/c1-15(2)20(25)22-19-13-11-18(12-14-19)21(26)24-23-16(3)9-10-17-7-5-4-6-8-17/h4-15H,1-3H3,(H,22,25)(H,24,26)/b10-9+,23-16+. The molecule has 134 valence electrons. The molecule has 0 aromatic heterocycles. The first-order chi connectivity index (χ1) is 12.5. The normalized spacial score (nSPS) is 11.6. The lowest BCUT2D eigenvalue weighted by atomic mass is 10.1. The van der Waals surface area contributed by atoms with E-state index in [0.717, 1.165) is 5.56 Å². The molecule has 0 aliphatic heterocycles. The quantitative estimate of drug-likeness (QED) is 0.609. The molecule has 5 nitrogen and oxygen atoms in total. The smallest absolute Gasteiger partial charge is 0.271 e. The predicted molar refractivity (Wildman–Crippen MR) is 106 cm³/mol. The summed E-state index contributed by atoms with van der Waals surface area (Å²) in [6, 6.07) is 16.5. The van der Waals surface area contributed by atoms with Gasteiger partial charge in [-0.3, -0.25) is 9.59 Å². The number of benzene rings is 2. The average molecular weight is 349 g/mol. The van der Waals surface area contributed by atoms with Crippen LogP contribution >= 0.6 is 0 Å². The zero-order chi connectivity index (χ0) is 18.9. The third-order valence-corrected chi connectivity index (χ3v) is 3.59. The number of carbonyl (C=O) groups excluding carboxylic acids is 2. The molecule has 2 N–H and O–H groups in total. The van der Waals surface area contributed by atoms with E-state index in [2.05, 4.69) is 15.8 Å². The third-order valence-electron chi connectivity index (χ3n) is 3.59. The van der Waals surface area contributed by atoms with Crippen LogP contribution < -0.4 is 10.7 Å². The molecule has 0 saturated heterocycles. The molecule has 2 rings (SSSR count). The number of rotatable bonds is 6. The summed E-state index contributed by atoms with van der Waals surface area (Å²) in [6.07, 6.45) is 3.76. The van der Waals surface area contributed by atoms with E-state index in [1.54, 1.807) is 24.3 Å². The van der Waals surface area contributed by atoms with Crippen molar-refractivity contribution < 1.29 is 9.59 Å². The Morgan fingerprint density at radius 2 is 1.65 bits per heavy atom. The van der Waals surface area contributed by atoms with Gasteiger partial charge in [-0.1, -0.05) is 50.3 Å². The highest BCUT2D eigenvalue weighted by Crippen LogP contribution is 2.11. The fourth-order valence-electron chi connectivity index (χ4n) is 2.01. The van der Waals surface area contributed by atoms with Crippen LogP contribution in [0.1, 0.15) is 36.7 Å². The van der Waals surface area contributed by atoms with Crippen molar-refractivity contribution in [2.75, 3.05) is 5.32 Å². The second-order valence-corrected chi connectivity index (χ2v) is 6.16. The lowest BCUT2D eigenvalue weighted by molar-refractivity contribution is -0.118. The van der Waals surface area contributed by atoms with Gasteiger partial charge >= 0.3 is 0 Å². The summed E-state index contributed by atoms with van der Waals surface area (Å²) < 4.78 is 0. The molecule has 0 atom stereocenters. The largest absolute Gasteiger partial charge is 0.326 e. The highest BCUT2D eigenvalue weighted by molar-refractivity contribution is 5.99. The van der Waals surface area contributed by atoms with E-state index >= 15 is 0 Å². The predicted octanol–water partition coefficient (Wildman–Crippen LogP) is 4.10. The minimum Gasteiger partial charge on any atom is -0.326 e. The highest BCUT2D eigenvalue weighted by Gasteiger charge is 2.08. The maximum atomic E-state index is 12.1. The van der Waals surface area contributed by atoms with Crippen molar-refractivity contribution in [3.63, 3.8) is 0 Å². The van der Waals surface area contributed by atoms with Crippen LogP contribution in [-0.2, 0) is 4.79 Å². The molecular weight excluding hydrogens is 326 g/mol. The van der Waals surface area contributed by atoms with Gasteiger partial charge in [0.05, 0.1) is 5.71 Å². The number of anilines is 1. The molecule has 0 radical (unpaired) electrons. The minimum atomic E-state index is -0.306. The summed E-state index contributed by atoms with van der Waals surface area (Å²) in [4.78, 5) is 23.8. The first-order valence-corrected chi connectivity index (χ1v) is 8.44. The molecule has 5 heteroatoms. The van der Waals surface area contributed by atoms with Crippen molar-refractivity contribution in [3.8, 4) is 0 Å². The van der Waals surface area contributed by atoms with Gasteiger partial charge in [-0.2, -0.15) is 5.10 Å². The fourth-order valence-corrected chi connectivity index (χ4v) is 2.01. The number of nitrogens with zero attached hydrogens (tertiary/aromatic N) is 1. The zero-order valence-corrected chi connectivity index (χ0v) is 15.2. The second-order valence-electron chi connectivity index (χ2n) is 6.16. The Kier molecular flexibility index (Phi) is 6.85. The number of carbonyl (C=O) groups is 2. The fraction of sp³-hybridized carbons (Fsp3) is 0.190. The SMILES string of the molecule is CC(/C=C/c1ccccc1)=N\NC(=O)c1ccc(NC(=O)C(C)C)cc1. The molecule has 0 spiro atoms. The van der Waals surface area contributed by atoms with Gasteiger partial charge in [0.15, 0.2) is 0 Å². The van der Waals surface area contributed by atoms with Crippen LogP contribution in [0.5, 0.6) is 0 Å². The van der Waals surface area contributed by atoms with Crippen LogP contribution in [0, 0.1) is 5.92 Å². The summed E-state index contributed by atoms with van der Waals surface area (Å²) in [7, 11) is 0. The van der Waals surface area contributed by atoms with Crippen LogP contribution in [0.25, 0.3) is 6.08 Å². The molecule has 0 aliphatic rings. The summed E-state index contributed by atoms with van der Waals surface area (Å²) in [5, 5.41) is 6.85. The lowest BCUT2D eigenvalue weighted by Crippen LogP contribution is -2.19. The summed E-state index contributed by atoms with van der Waals surface area (Å²) >= 11 is 0. The van der Waals surface area contributed by atoms with Crippen molar-refractivity contribution in [1.82, 2.24) is 5.43 Å². The van der Waals surface area contributed by atoms with Gasteiger partial charge in [-0.15, -0.1) is 0 Å². The maximum absolute atomic E-state index is 12.1. The molecule has 0 bridgehead atoms. The Morgan fingerprint density at radius 1 is 1.00 bits per heavy atom. The zero-order valence-electron chi connectivity index (χ0n) is 15.2. The highest BCUT2D eigenvalue weighted by atomic mass is 16.2. The van der Waals surface area contributed by atoms with Crippen LogP contribution in [0.2, 0.25) is 0 Å². The van der Waals surface area contributed by atoms with Gasteiger partial charge in [0.2, 0.25) is 5.91 Å². The first-order valence-electron chi connectivity index (χ1n) is 8.44. The van der Waals surface area contributed by atoms with Gasteiger partial charge in [0, 0.05) is 17.2 Å². The molecule has 0 fully saturated rings. The Hall–Kier alpha value is -3.21. The average Bonchev–Trinajstić information content (AvgIpc) is 2.65. The van der Waals surface area contributed by atoms with E-state index in [4.69, 9.17) is 0 Å². The Labute approximate surface area is 153 Å². The minimum absolute atomic E-state index is 0.0624. The number of hydrogen-bond donors (Lipinski definition) is 2. The Morgan fingerprint density at radius 3 is 2.27 bits per heavy atom. The molecule has 2 amide bonds. The topological polar surface area (TPSA) is 70.6 Å². The van der Waals surface area contributed by atoms with Crippen molar-refractivity contribution in [2.45, 2.75) is 20.8 Å². The summed E-state index contributed by atoms with van der Waals surface area (Å²) in [6.45, 7) is 5.46. The van der Waals surface area contributed by atoms with Gasteiger partial charge in [-0.05, 0) is 42.8 Å². The third kappa shape index (κ3) is 6.02. The van der Waals surface area contributed by atoms with Gasteiger partial charge in [0.1, 0.15) is 0 Å². The van der Waals surface area contributed by atoms with Crippen molar-refractivity contribution in [2.24, 2.45) is 11.0 Å².